The summed E-state index contributed by atoms with van der Waals surface area (Å²) < 4.78 is 54.5. The molecular weight excluding hydrogens is 428 g/mol. The van der Waals surface area contributed by atoms with Crippen molar-refractivity contribution in [1.29, 1.82) is 0 Å². The fourth-order valence-electron chi connectivity index (χ4n) is 3.80. The number of amides is 4. The number of anilines is 2. The first kappa shape index (κ1) is 23.4. The third-order valence-electron chi connectivity index (χ3n) is 5.40. The minimum absolute atomic E-state index is 0.124. The lowest BCUT2D eigenvalue weighted by atomic mass is 9.81. The molecule has 0 bridgehead atoms. The highest BCUT2D eigenvalue weighted by molar-refractivity contribution is 5.90. The standard InChI is InChI=1S/C22H24F4N4O2/c23-15-6-2-7-16(24)19(15)29-21(31)27-11-13-4-1-5-14(10-13)12-28-22(32)30-20-17(25)8-3-9-18(20)26/h2-3,6-9,13-14H,1,4-5,10-12H2,(H2,27,29,31)(H2,28,30,32)/t13-,14-/m0/s1. The summed E-state index contributed by atoms with van der Waals surface area (Å²) in [6.07, 6.45) is 3.31. The lowest BCUT2D eigenvalue weighted by Crippen LogP contribution is -2.38. The van der Waals surface area contributed by atoms with Crippen LogP contribution >= 0.6 is 0 Å². The zero-order chi connectivity index (χ0) is 23.1. The van der Waals surface area contributed by atoms with Crippen molar-refractivity contribution in [3.8, 4) is 0 Å². The highest BCUT2D eigenvalue weighted by Crippen LogP contribution is 2.28. The van der Waals surface area contributed by atoms with E-state index in [9.17, 15) is 27.2 Å². The first-order chi connectivity index (χ1) is 15.3. The maximum absolute atomic E-state index is 13.6. The maximum atomic E-state index is 13.6. The molecule has 10 heteroatoms. The molecule has 0 saturated heterocycles. The number of nitrogens with one attached hydrogen (secondary N) is 4. The summed E-state index contributed by atoms with van der Waals surface area (Å²) >= 11 is 0. The minimum atomic E-state index is -0.863. The van der Waals surface area contributed by atoms with E-state index in [0.29, 0.717) is 19.5 Å². The third-order valence-corrected chi connectivity index (χ3v) is 5.40. The highest BCUT2D eigenvalue weighted by Gasteiger charge is 2.23. The summed E-state index contributed by atoms with van der Waals surface area (Å²) in [7, 11) is 0. The SMILES string of the molecule is O=C(NC[C@H]1CCC[C@H](CNC(=O)Nc2c(F)cccc2F)C1)Nc1c(F)cccc1F. The number of benzene rings is 2. The van der Waals surface area contributed by atoms with E-state index in [0.717, 1.165) is 43.5 Å². The number of carbonyl (C=O) groups excluding carboxylic acids is 2. The molecule has 2 atom stereocenters. The molecule has 4 N–H and O–H groups in total. The number of rotatable bonds is 6. The van der Waals surface area contributed by atoms with E-state index in [1.807, 2.05) is 0 Å². The predicted octanol–water partition coefficient (Wildman–Crippen LogP) is 4.99. The van der Waals surface area contributed by atoms with Gasteiger partial charge in [0.15, 0.2) is 0 Å². The van der Waals surface area contributed by atoms with Gasteiger partial charge >= 0.3 is 12.1 Å². The topological polar surface area (TPSA) is 82.3 Å². The molecule has 2 aromatic rings. The van der Waals surface area contributed by atoms with Crippen molar-refractivity contribution in [2.24, 2.45) is 11.8 Å². The Balaban J connectivity index is 1.42. The van der Waals surface area contributed by atoms with Crippen LogP contribution in [0.1, 0.15) is 25.7 Å². The van der Waals surface area contributed by atoms with E-state index in [2.05, 4.69) is 21.3 Å². The van der Waals surface area contributed by atoms with Crippen LogP contribution in [0.2, 0.25) is 0 Å². The maximum Gasteiger partial charge on any atom is 0.319 e. The summed E-state index contributed by atoms with van der Waals surface area (Å²) in [5.74, 6) is -3.21. The third kappa shape index (κ3) is 6.35. The molecular formula is C22H24F4N4O2. The Bertz CT molecular complexity index is 857. The molecule has 32 heavy (non-hydrogen) atoms. The van der Waals surface area contributed by atoms with Crippen molar-refractivity contribution in [2.45, 2.75) is 25.7 Å². The van der Waals surface area contributed by atoms with Crippen LogP contribution in [-0.4, -0.2) is 25.2 Å². The second-order valence-electron chi connectivity index (χ2n) is 7.76. The Morgan fingerprint density at radius 1 is 0.719 bits per heavy atom. The average molecular weight is 452 g/mol. The molecule has 1 aliphatic carbocycles. The van der Waals surface area contributed by atoms with E-state index in [1.165, 1.54) is 12.1 Å². The number of urea groups is 2. The van der Waals surface area contributed by atoms with E-state index >= 15 is 0 Å². The van der Waals surface area contributed by atoms with Crippen LogP contribution in [0.3, 0.4) is 0 Å². The molecule has 1 saturated carbocycles. The van der Waals surface area contributed by atoms with Gasteiger partial charge in [-0.1, -0.05) is 18.6 Å². The van der Waals surface area contributed by atoms with Gasteiger partial charge in [-0.2, -0.15) is 0 Å². The molecule has 0 spiro atoms. The van der Waals surface area contributed by atoms with Crippen LogP contribution in [-0.2, 0) is 0 Å². The van der Waals surface area contributed by atoms with Crippen LogP contribution < -0.4 is 21.3 Å². The molecule has 0 aliphatic heterocycles. The molecule has 172 valence electrons. The zero-order valence-electron chi connectivity index (χ0n) is 17.2. The Labute approximate surface area is 182 Å². The summed E-state index contributed by atoms with van der Waals surface area (Å²) in [6.45, 7) is 0.621. The van der Waals surface area contributed by atoms with Gasteiger partial charge in [0.1, 0.15) is 34.6 Å². The van der Waals surface area contributed by atoms with Gasteiger partial charge in [0.05, 0.1) is 0 Å². The number of para-hydroxylation sites is 2. The number of hydrogen-bond donors (Lipinski definition) is 4. The predicted molar refractivity (Wildman–Crippen MR) is 112 cm³/mol. The average Bonchev–Trinajstić information content (AvgIpc) is 2.76. The molecule has 3 rings (SSSR count). The van der Waals surface area contributed by atoms with Crippen molar-refractivity contribution in [2.75, 3.05) is 23.7 Å². The molecule has 6 nitrogen and oxygen atoms in total. The smallest absolute Gasteiger partial charge is 0.319 e. The van der Waals surface area contributed by atoms with E-state index in [-0.39, 0.29) is 11.8 Å². The molecule has 2 aromatic carbocycles. The van der Waals surface area contributed by atoms with Gasteiger partial charge in [0, 0.05) is 13.1 Å². The molecule has 1 fully saturated rings. The van der Waals surface area contributed by atoms with Crippen molar-refractivity contribution in [3.63, 3.8) is 0 Å². The van der Waals surface area contributed by atoms with Crippen LogP contribution in [0.15, 0.2) is 36.4 Å². The highest BCUT2D eigenvalue weighted by atomic mass is 19.1. The van der Waals surface area contributed by atoms with Gasteiger partial charge in [-0.05, 0) is 55.4 Å². The first-order valence-corrected chi connectivity index (χ1v) is 10.3. The van der Waals surface area contributed by atoms with E-state index < -0.39 is 46.7 Å². The zero-order valence-corrected chi connectivity index (χ0v) is 17.2. The van der Waals surface area contributed by atoms with Crippen molar-refractivity contribution < 1.29 is 27.2 Å². The molecule has 0 unspecified atom stereocenters. The fraction of sp³-hybridized carbons (Fsp3) is 0.364. The largest absolute Gasteiger partial charge is 0.338 e. The van der Waals surface area contributed by atoms with Crippen molar-refractivity contribution >= 4 is 23.4 Å². The van der Waals surface area contributed by atoms with Gasteiger partial charge in [-0.25, -0.2) is 27.2 Å². The first-order valence-electron chi connectivity index (χ1n) is 10.3. The van der Waals surface area contributed by atoms with Crippen LogP contribution in [0.5, 0.6) is 0 Å². The number of carbonyl (C=O) groups is 2. The number of hydrogen-bond acceptors (Lipinski definition) is 2. The summed E-state index contributed by atoms with van der Waals surface area (Å²) in [6, 6.07) is 5.19. The molecule has 4 amide bonds. The second kappa shape index (κ2) is 10.8. The monoisotopic (exact) mass is 452 g/mol. The van der Waals surface area contributed by atoms with Crippen LogP contribution in [0, 0.1) is 35.1 Å². The molecule has 0 heterocycles. The van der Waals surface area contributed by atoms with E-state index in [4.69, 9.17) is 0 Å². The normalized spacial score (nSPS) is 18.0. The Hall–Kier alpha value is -3.30. The molecule has 1 aliphatic rings. The van der Waals surface area contributed by atoms with Crippen LogP contribution in [0.4, 0.5) is 38.5 Å². The fourth-order valence-corrected chi connectivity index (χ4v) is 3.80. The summed E-state index contributed by atoms with van der Waals surface area (Å²) in [4.78, 5) is 24.0. The molecule has 0 radical (unpaired) electrons. The second-order valence-corrected chi connectivity index (χ2v) is 7.76. The lowest BCUT2D eigenvalue weighted by molar-refractivity contribution is 0.230. The van der Waals surface area contributed by atoms with E-state index in [1.54, 1.807) is 0 Å². The van der Waals surface area contributed by atoms with Gasteiger partial charge in [-0.15, -0.1) is 0 Å². The van der Waals surface area contributed by atoms with Gasteiger partial charge < -0.3 is 21.3 Å². The number of halogens is 4. The van der Waals surface area contributed by atoms with Crippen LogP contribution in [0.25, 0.3) is 0 Å². The van der Waals surface area contributed by atoms with Gasteiger partial charge in [-0.3, -0.25) is 0 Å². The van der Waals surface area contributed by atoms with Crippen molar-refractivity contribution in [3.05, 3.63) is 59.7 Å². The summed E-state index contributed by atoms with van der Waals surface area (Å²) in [5.41, 5.74) is -1.01. The quantitative estimate of drug-likeness (QED) is 0.466. The summed E-state index contributed by atoms with van der Waals surface area (Å²) in [5, 5.41) is 9.59. The van der Waals surface area contributed by atoms with Crippen molar-refractivity contribution in [1.82, 2.24) is 10.6 Å². The Morgan fingerprint density at radius 2 is 1.09 bits per heavy atom. The van der Waals surface area contributed by atoms with Gasteiger partial charge in [0.2, 0.25) is 0 Å². The lowest BCUT2D eigenvalue weighted by Gasteiger charge is -2.29. The Morgan fingerprint density at radius 3 is 1.47 bits per heavy atom. The minimum Gasteiger partial charge on any atom is -0.338 e. The van der Waals surface area contributed by atoms with Gasteiger partial charge in [0.25, 0.3) is 0 Å². The Kier molecular flexibility index (Phi) is 7.91. The molecule has 0 aromatic heterocycles.